The number of rotatable bonds is 7. The van der Waals surface area contributed by atoms with Crippen LogP contribution in [0.25, 0.3) is 0 Å². The fraction of sp³-hybridized carbons (Fsp3) is 0.400. The second-order valence-electron chi connectivity index (χ2n) is 7.23. The van der Waals surface area contributed by atoms with E-state index in [4.69, 9.17) is 9.47 Å². The minimum absolute atomic E-state index is 0.193. The Balaban J connectivity index is 1.70. The van der Waals surface area contributed by atoms with Crippen LogP contribution in [0.2, 0.25) is 0 Å². The quantitative estimate of drug-likeness (QED) is 0.528. The van der Waals surface area contributed by atoms with Gasteiger partial charge in [0.15, 0.2) is 5.69 Å². The van der Waals surface area contributed by atoms with Gasteiger partial charge < -0.3 is 20.1 Å². The average Bonchev–Trinajstić information content (AvgIpc) is 3.07. The lowest BCUT2D eigenvalue weighted by molar-refractivity contribution is -0.153. The number of benzene rings is 1. The Kier molecular flexibility index (Phi) is 7.72. The van der Waals surface area contributed by atoms with Crippen molar-refractivity contribution in [2.24, 2.45) is 0 Å². The Labute approximate surface area is 173 Å². The van der Waals surface area contributed by atoms with Crippen molar-refractivity contribution in [1.82, 2.24) is 15.6 Å². The van der Waals surface area contributed by atoms with Gasteiger partial charge in [-0.05, 0) is 51.8 Å². The Morgan fingerprint density at radius 2 is 1.79 bits per heavy atom. The lowest BCUT2D eigenvalue weighted by atomic mass is 10.1. The summed E-state index contributed by atoms with van der Waals surface area (Å²) in [6.45, 7) is 7.30. The van der Waals surface area contributed by atoms with E-state index in [2.05, 4.69) is 15.6 Å². The third kappa shape index (κ3) is 8.30. The molecule has 1 heterocycles. The number of urea groups is 1. The first-order chi connectivity index (χ1) is 13.6. The molecule has 2 amide bonds. The molecule has 9 heteroatoms. The molecule has 0 aliphatic heterocycles. The Hall–Kier alpha value is -2.94. The van der Waals surface area contributed by atoms with Gasteiger partial charge in [-0.15, -0.1) is 11.3 Å². The van der Waals surface area contributed by atoms with E-state index in [1.54, 1.807) is 38.3 Å². The van der Waals surface area contributed by atoms with Gasteiger partial charge >= 0.3 is 18.0 Å². The summed E-state index contributed by atoms with van der Waals surface area (Å²) in [5.74, 6) is -0.566. The minimum Gasteiger partial charge on any atom is -0.459 e. The van der Waals surface area contributed by atoms with Crippen LogP contribution in [0.5, 0.6) is 5.75 Å². The molecular weight excluding hydrogens is 394 g/mol. The summed E-state index contributed by atoms with van der Waals surface area (Å²) < 4.78 is 10.4. The van der Waals surface area contributed by atoms with Crippen molar-refractivity contribution in [3.63, 3.8) is 0 Å². The number of nitrogens with zero attached hydrogens (tertiary/aromatic N) is 1. The first-order valence-electron chi connectivity index (χ1n) is 9.09. The van der Waals surface area contributed by atoms with Crippen LogP contribution >= 0.6 is 11.3 Å². The second kappa shape index (κ2) is 10.0. The molecule has 0 aliphatic carbocycles. The summed E-state index contributed by atoms with van der Waals surface area (Å²) in [6.07, 6.45) is 0.583. The van der Waals surface area contributed by atoms with Gasteiger partial charge in [-0.3, -0.25) is 4.79 Å². The Morgan fingerprint density at radius 3 is 2.38 bits per heavy atom. The van der Waals surface area contributed by atoms with E-state index in [-0.39, 0.29) is 12.2 Å². The molecule has 0 unspecified atom stereocenters. The normalized spacial score (nSPS) is 10.9. The van der Waals surface area contributed by atoms with E-state index >= 15 is 0 Å². The summed E-state index contributed by atoms with van der Waals surface area (Å²) in [5.41, 5.74) is 0.662. The van der Waals surface area contributed by atoms with E-state index in [1.165, 1.54) is 11.3 Å². The first kappa shape index (κ1) is 22.4. The largest absolute Gasteiger partial charge is 0.459 e. The number of thiazole rings is 1. The van der Waals surface area contributed by atoms with Crippen LogP contribution in [0.1, 0.15) is 41.8 Å². The van der Waals surface area contributed by atoms with Gasteiger partial charge in [0, 0.05) is 11.9 Å². The molecule has 0 atom stereocenters. The van der Waals surface area contributed by atoms with E-state index in [0.29, 0.717) is 18.7 Å². The molecule has 2 aromatic rings. The molecule has 0 saturated carbocycles. The predicted octanol–water partition coefficient (Wildman–Crippen LogP) is 2.85. The van der Waals surface area contributed by atoms with E-state index in [1.807, 2.05) is 19.1 Å². The van der Waals surface area contributed by atoms with Crippen molar-refractivity contribution in [1.29, 1.82) is 0 Å². The maximum absolute atomic E-state index is 12.0. The lowest BCUT2D eigenvalue weighted by Crippen LogP contribution is -2.41. The highest BCUT2D eigenvalue weighted by Gasteiger charge is 2.16. The van der Waals surface area contributed by atoms with Gasteiger partial charge in [0.05, 0.1) is 5.01 Å². The third-order valence-electron chi connectivity index (χ3n) is 3.47. The number of carbonyl (C=O) groups is 3. The summed E-state index contributed by atoms with van der Waals surface area (Å²) in [4.78, 5) is 39.4. The molecule has 29 heavy (non-hydrogen) atoms. The molecule has 0 radical (unpaired) electrons. The summed E-state index contributed by atoms with van der Waals surface area (Å²) in [5, 5.41) is 7.58. The molecule has 0 aliphatic rings. The first-order valence-corrected chi connectivity index (χ1v) is 9.97. The molecule has 0 saturated heterocycles. The van der Waals surface area contributed by atoms with Crippen LogP contribution in [-0.2, 0) is 16.0 Å². The van der Waals surface area contributed by atoms with E-state index in [9.17, 15) is 14.4 Å². The van der Waals surface area contributed by atoms with Gasteiger partial charge in [-0.1, -0.05) is 12.1 Å². The highest BCUT2D eigenvalue weighted by atomic mass is 32.1. The molecule has 0 spiro atoms. The maximum atomic E-state index is 12.0. The zero-order valence-corrected chi connectivity index (χ0v) is 17.7. The van der Waals surface area contributed by atoms with Crippen molar-refractivity contribution in [2.75, 3.05) is 13.1 Å². The molecule has 0 fully saturated rings. The van der Waals surface area contributed by atoms with E-state index < -0.39 is 23.6 Å². The zero-order chi connectivity index (χ0) is 21.4. The van der Waals surface area contributed by atoms with Crippen LogP contribution < -0.4 is 15.4 Å². The number of hydrogen-bond donors (Lipinski definition) is 2. The van der Waals surface area contributed by atoms with Gasteiger partial charge in [-0.2, -0.15) is 0 Å². The molecule has 1 aromatic heterocycles. The highest BCUT2D eigenvalue weighted by molar-refractivity contribution is 7.09. The van der Waals surface area contributed by atoms with Crippen LogP contribution in [0.4, 0.5) is 4.79 Å². The minimum atomic E-state index is -0.588. The van der Waals surface area contributed by atoms with Crippen molar-refractivity contribution in [3.05, 3.63) is 45.9 Å². The summed E-state index contributed by atoms with van der Waals surface area (Å²) in [6, 6.07) is 6.56. The Bertz CT molecular complexity index is 856. The number of amides is 2. The molecular formula is C20H25N3O5S. The number of nitrogens with one attached hydrogen (secondary N) is 2. The van der Waals surface area contributed by atoms with Crippen LogP contribution in [-0.4, -0.2) is 41.6 Å². The van der Waals surface area contributed by atoms with Crippen LogP contribution in [0.15, 0.2) is 29.6 Å². The van der Waals surface area contributed by atoms with Gasteiger partial charge in [0.2, 0.25) is 0 Å². The van der Waals surface area contributed by atoms with Crippen molar-refractivity contribution in [2.45, 2.75) is 39.7 Å². The molecule has 8 nitrogen and oxygen atoms in total. The highest BCUT2D eigenvalue weighted by Crippen LogP contribution is 2.16. The van der Waals surface area contributed by atoms with E-state index in [0.717, 1.165) is 10.6 Å². The molecule has 2 rings (SSSR count). The van der Waals surface area contributed by atoms with Crippen molar-refractivity contribution >= 4 is 29.3 Å². The van der Waals surface area contributed by atoms with Gasteiger partial charge in [0.1, 0.15) is 17.9 Å². The molecule has 0 bridgehead atoms. The molecule has 156 valence electrons. The Morgan fingerprint density at radius 1 is 1.10 bits per heavy atom. The van der Waals surface area contributed by atoms with Gasteiger partial charge in [0.25, 0.3) is 0 Å². The average molecular weight is 420 g/mol. The summed E-state index contributed by atoms with van der Waals surface area (Å²) >= 11 is 1.39. The third-order valence-corrected chi connectivity index (χ3v) is 4.25. The van der Waals surface area contributed by atoms with Crippen molar-refractivity contribution < 1.29 is 23.9 Å². The number of hydrogen-bond acceptors (Lipinski definition) is 7. The smallest absolute Gasteiger partial charge is 0.363 e. The number of aryl methyl sites for hydroxylation is 1. The van der Waals surface area contributed by atoms with Crippen molar-refractivity contribution in [3.8, 4) is 5.75 Å². The number of ether oxygens (including phenoxy) is 2. The van der Waals surface area contributed by atoms with Gasteiger partial charge in [-0.25, -0.2) is 14.6 Å². The SMILES string of the molecule is Cc1nc(C(=O)Oc2ccc(CCNC(=O)NCC(=O)OC(C)(C)C)cc2)cs1. The predicted molar refractivity (Wildman–Crippen MR) is 109 cm³/mol. The fourth-order valence-electron chi connectivity index (χ4n) is 2.25. The monoisotopic (exact) mass is 419 g/mol. The summed E-state index contributed by atoms with van der Waals surface area (Å²) in [7, 11) is 0. The fourth-order valence-corrected chi connectivity index (χ4v) is 2.84. The number of carbonyl (C=O) groups excluding carboxylic acids is 3. The topological polar surface area (TPSA) is 107 Å². The number of esters is 2. The molecule has 2 N–H and O–H groups in total. The van der Waals surface area contributed by atoms with Crippen LogP contribution in [0.3, 0.4) is 0 Å². The second-order valence-corrected chi connectivity index (χ2v) is 8.29. The molecule has 1 aromatic carbocycles. The zero-order valence-electron chi connectivity index (χ0n) is 16.9. The number of aromatic nitrogens is 1. The maximum Gasteiger partial charge on any atom is 0.363 e. The lowest BCUT2D eigenvalue weighted by Gasteiger charge is -2.19. The standard InChI is InChI=1S/C20H25N3O5S/c1-13-23-16(12-29-13)18(25)27-15-7-5-14(6-8-15)9-10-21-19(26)22-11-17(24)28-20(2,3)4/h5-8,12H,9-11H2,1-4H3,(H2,21,22,26). The van der Waals surface area contributed by atoms with Crippen LogP contribution in [0, 0.1) is 6.92 Å².